The van der Waals surface area contributed by atoms with Crippen molar-refractivity contribution in [3.8, 4) is 11.1 Å². The third-order valence-corrected chi connectivity index (χ3v) is 5.42. The second-order valence-electron chi connectivity index (χ2n) is 6.89. The summed E-state index contributed by atoms with van der Waals surface area (Å²) in [6.07, 6.45) is 0. The standard InChI is InChI=1S/C21H21N3O2/c1-13-19(14(2)26-23-13)15-10-11-18-17(12-15)21(3,24(4)20(25)22-18)16-8-6-5-7-9-16/h5-12H,1-4H3,(H,22,25). The van der Waals surface area contributed by atoms with Crippen LogP contribution in [0.1, 0.15) is 29.5 Å². The van der Waals surface area contributed by atoms with Crippen molar-refractivity contribution < 1.29 is 9.32 Å². The Hall–Kier alpha value is -3.08. The smallest absolute Gasteiger partial charge is 0.322 e. The second-order valence-corrected chi connectivity index (χ2v) is 6.89. The average molecular weight is 347 g/mol. The number of rotatable bonds is 2. The number of benzene rings is 2. The summed E-state index contributed by atoms with van der Waals surface area (Å²) in [5.41, 5.74) is 5.26. The van der Waals surface area contributed by atoms with E-state index >= 15 is 0 Å². The van der Waals surface area contributed by atoms with Gasteiger partial charge in [0.05, 0.1) is 11.2 Å². The Morgan fingerprint density at radius 2 is 1.85 bits per heavy atom. The van der Waals surface area contributed by atoms with E-state index in [1.165, 1.54) is 0 Å². The summed E-state index contributed by atoms with van der Waals surface area (Å²) in [7, 11) is 1.83. The molecule has 0 bridgehead atoms. The number of urea groups is 1. The summed E-state index contributed by atoms with van der Waals surface area (Å²) in [6.45, 7) is 5.94. The maximum absolute atomic E-state index is 12.6. The van der Waals surface area contributed by atoms with Crippen molar-refractivity contribution in [3.05, 3.63) is 71.1 Å². The lowest BCUT2D eigenvalue weighted by Gasteiger charge is -2.44. The van der Waals surface area contributed by atoms with E-state index in [9.17, 15) is 4.79 Å². The van der Waals surface area contributed by atoms with Crippen LogP contribution in [0.25, 0.3) is 11.1 Å². The number of nitrogens with one attached hydrogen (secondary N) is 1. The Labute approximate surface area is 152 Å². The van der Waals surface area contributed by atoms with Crippen LogP contribution in [0.15, 0.2) is 53.1 Å². The van der Waals surface area contributed by atoms with Gasteiger partial charge in [0, 0.05) is 23.9 Å². The molecule has 2 aromatic carbocycles. The molecular formula is C21H21N3O2. The number of fused-ring (bicyclic) bond motifs is 1. The number of aromatic nitrogens is 1. The molecule has 0 spiro atoms. The van der Waals surface area contributed by atoms with E-state index < -0.39 is 5.54 Å². The molecule has 3 aromatic rings. The number of carbonyl (C=O) groups is 1. The first-order chi connectivity index (χ1) is 12.4. The molecule has 4 rings (SSSR count). The first kappa shape index (κ1) is 16.4. The van der Waals surface area contributed by atoms with E-state index in [4.69, 9.17) is 4.52 Å². The van der Waals surface area contributed by atoms with Crippen LogP contribution in [0.5, 0.6) is 0 Å². The van der Waals surface area contributed by atoms with Crippen LogP contribution >= 0.6 is 0 Å². The fourth-order valence-corrected chi connectivity index (χ4v) is 3.80. The second kappa shape index (κ2) is 5.73. The Balaban J connectivity index is 1.97. The van der Waals surface area contributed by atoms with E-state index in [-0.39, 0.29) is 6.03 Å². The largest absolute Gasteiger partial charge is 0.361 e. The Morgan fingerprint density at radius 1 is 1.12 bits per heavy atom. The van der Waals surface area contributed by atoms with E-state index in [2.05, 4.69) is 35.6 Å². The number of aryl methyl sites for hydroxylation is 2. The minimum atomic E-state index is -0.575. The normalized spacial score (nSPS) is 19.2. The zero-order valence-electron chi connectivity index (χ0n) is 15.3. The van der Waals surface area contributed by atoms with Gasteiger partial charge in [0.25, 0.3) is 0 Å². The Kier molecular flexibility index (Phi) is 3.61. The quantitative estimate of drug-likeness (QED) is 0.731. The Bertz CT molecular complexity index is 974. The minimum absolute atomic E-state index is 0.117. The van der Waals surface area contributed by atoms with Gasteiger partial charge in [0.2, 0.25) is 0 Å². The summed E-state index contributed by atoms with van der Waals surface area (Å²) < 4.78 is 5.34. The molecule has 0 radical (unpaired) electrons. The number of hydrogen-bond acceptors (Lipinski definition) is 3. The lowest BCUT2D eigenvalue weighted by atomic mass is 9.80. The molecule has 5 heteroatoms. The molecule has 0 aliphatic carbocycles. The molecule has 0 saturated heterocycles. The van der Waals surface area contributed by atoms with Gasteiger partial charge in [-0.2, -0.15) is 0 Å². The number of anilines is 1. The van der Waals surface area contributed by atoms with Gasteiger partial charge in [0.1, 0.15) is 5.76 Å². The van der Waals surface area contributed by atoms with Crippen LogP contribution in [-0.4, -0.2) is 23.1 Å². The zero-order chi connectivity index (χ0) is 18.5. The van der Waals surface area contributed by atoms with Crippen LogP contribution in [0.4, 0.5) is 10.5 Å². The first-order valence-corrected chi connectivity index (χ1v) is 8.61. The molecule has 26 heavy (non-hydrogen) atoms. The maximum Gasteiger partial charge on any atom is 0.322 e. The SMILES string of the molecule is Cc1noc(C)c1-c1ccc2c(c1)C(C)(c1ccccc1)N(C)C(=O)N2. The van der Waals surface area contributed by atoms with Crippen molar-refractivity contribution in [1.29, 1.82) is 0 Å². The molecule has 1 aromatic heterocycles. The van der Waals surface area contributed by atoms with E-state index in [0.29, 0.717) is 0 Å². The van der Waals surface area contributed by atoms with Crippen molar-refractivity contribution in [3.63, 3.8) is 0 Å². The van der Waals surface area contributed by atoms with Gasteiger partial charge in [-0.3, -0.25) is 0 Å². The molecule has 0 saturated carbocycles. The summed E-state index contributed by atoms with van der Waals surface area (Å²) >= 11 is 0. The maximum atomic E-state index is 12.6. The molecule has 1 unspecified atom stereocenters. The molecule has 1 atom stereocenters. The van der Waals surface area contributed by atoms with Crippen molar-refractivity contribution in [2.75, 3.05) is 12.4 Å². The van der Waals surface area contributed by atoms with Gasteiger partial charge in [-0.1, -0.05) is 41.6 Å². The molecular weight excluding hydrogens is 326 g/mol. The van der Waals surface area contributed by atoms with Gasteiger partial charge in [-0.25, -0.2) is 4.79 Å². The lowest BCUT2D eigenvalue weighted by Crippen LogP contribution is -2.51. The zero-order valence-corrected chi connectivity index (χ0v) is 15.3. The summed E-state index contributed by atoms with van der Waals surface area (Å²) in [5.74, 6) is 0.789. The third-order valence-electron chi connectivity index (χ3n) is 5.42. The minimum Gasteiger partial charge on any atom is -0.361 e. The Morgan fingerprint density at radius 3 is 2.50 bits per heavy atom. The predicted molar refractivity (Wildman–Crippen MR) is 101 cm³/mol. The first-order valence-electron chi connectivity index (χ1n) is 8.61. The lowest BCUT2D eigenvalue weighted by molar-refractivity contribution is 0.175. The predicted octanol–water partition coefficient (Wildman–Crippen LogP) is 4.70. The summed E-state index contributed by atoms with van der Waals surface area (Å²) in [4.78, 5) is 14.3. The summed E-state index contributed by atoms with van der Waals surface area (Å²) in [5, 5.41) is 7.06. The summed E-state index contributed by atoms with van der Waals surface area (Å²) in [6, 6.07) is 16.1. The fourth-order valence-electron chi connectivity index (χ4n) is 3.80. The molecule has 2 amide bonds. The molecule has 0 fully saturated rings. The molecule has 1 aliphatic rings. The number of hydrogen-bond donors (Lipinski definition) is 1. The van der Waals surface area contributed by atoms with Crippen molar-refractivity contribution in [2.24, 2.45) is 0 Å². The third kappa shape index (κ3) is 2.24. The highest BCUT2D eigenvalue weighted by Gasteiger charge is 2.42. The van der Waals surface area contributed by atoms with Gasteiger partial charge in [0.15, 0.2) is 0 Å². The van der Waals surface area contributed by atoms with Crippen molar-refractivity contribution in [2.45, 2.75) is 26.3 Å². The van der Waals surface area contributed by atoms with Crippen LogP contribution in [0.2, 0.25) is 0 Å². The molecule has 1 N–H and O–H groups in total. The van der Waals surface area contributed by atoms with Crippen LogP contribution in [-0.2, 0) is 5.54 Å². The van der Waals surface area contributed by atoms with E-state index in [0.717, 1.165) is 39.4 Å². The van der Waals surface area contributed by atoms with Crippen LogP contribution in [0, 0.1) is 13.8 Å². The number of carbonyl (C=O) groups excluding carboxylic acids is 1. The van der Waals surface area contributed by atoms with Gasteiger partial charge in [-0.15, -0.1) is 0 Å². The molecule has 2 heterocycles. The van der Waals surface area contributed by atoms with Gasteiger partial charge >= 0.3 is 6.03 Å². The number of nitrogens with zero attached hydrogens (tertiary/aromatic N) is 2. The monoisotopic (exact) mass is 347 g/mol. The van der Waals surface area contributed by atoms with E-state index in [1.54, 1.807) is 4.90 Å². The van der Waals surface area contributed by atoms with Crippen molar-refractivity contribution in [1.82, 2.24) is 10.1 Å². The highest BCUT2D eigenvalue weighted by Crippen LogP contribution is 2.44. The molecule has 1 aliphatic heterocycles. The van der Waals surface area contributed by atoms with Crippen LogP contribution in [0.3, 0.4) is 0 Å². The van der Waals surface area contributed by atoms with Crippen molar-refractivity contribution >= 4 is 11.7 Å². The molecule has 132 valence electrons. The number of amides is 2. The van der Waals surface area contributed by atoms with Crippen LogP contribution < -0.4 is 5.32 Å². The topological polar surface area (TPSA) is 58.4 Å². The fraction of sp³-hybridized carbons (Fsp3) is 0.238. The van der Waals surface area contributed by atoms with Gasteiger partial charge < -0.3 is 14.7 Å². The molecule has 5 nitrogen and oxygen atoms in total. The highest BCUT2D eigenvalue weighted by atomic mass is 16.5. The highest BCUT2D eigenvalue weighted by molar-refractivity contribution is 5.95. The van der Waals surface area contributed by atoms with Gasteiger partial charge in [-0.05, 0) is 44.0 Å². The van der Waals surface area contributed by atoms with E-state index in [1.807, 2.05) is 51.2 Å². The average Bonchev–Trinajstić information content (AvgIpc) is 2.99.